The van der Waals surface area contributed by atoms with Crippen LogP contribution in [0.25, 0.3) is 0 Å². The molecule has 118 valence electrons. The first-order valence-corrected chi connectivity index (χ1v) is 7.70. The van der Waals surface area contributed by atoms with Crippen LogP contribution in [0.5, 0.6) is 11.5 Å². The summed E-state index contributed by atoms with van der Waals surface area (Å²) in [6.45, 7) is 0. The molecule has 1 aliphatic rings. The zero-order chi connectivity index (χ0) is 16.8. The van der Waals surface area contributed by atoms with Crippen molar-refractivity contribution in [3.05, 3.63) is 52.0 Å². The van der Waals surface area contributed by atoms with E-state index in [0.29, 0.717) is 5.56 Å². The number of benzene rings is 1. The number of nitrogens with zero attached hydrogens (tertiary/aromatic N) is 2. The minimum absolute atomic E-state index is 0.176. The number of non-ortho nitro benzene ring substituents is 1. The molecule has 3 rings (SSSR count). The lowest BCUT2D eigenvalue weighted by molar-refractivity contribution is -0.385. The first-order chi connectivity index (χ1) is 10.8. The summed E-state index contributed by atoms with van der Waals surface area (Å²) in [5.74, 6) is -1.06. The van der Waals surface area contributed by atoms with E-state index in [1.165, 1.54) is 12.3 Å². The van der Waals surface area contributed by atoms with Gasteiger partial charge in [0.25, 0.3) is 11.6 Å². The van der Waals surface area contributed by atoms with Gasteiger partial charge in [0.05, 0.1) is 16.6 Å². The molecular weight excluding hydrogens is 441 g/mol. The summed E-state index contributed by atoms with van der Waals surface area (Å²) in [6, 6.07) is 4.49. The zero-order valence-electron chi connectivity index (χ0n) is 11.0. The number of fused-ring (bicyclic) bond motifs is 1. The van der Waals surface area contributed by atoms with Gasteiger partial charge in [0.2, 0.25) is 0 Å². The minimum Gasteiger partial charge on any atom is -0.454 e. The van der Waals surface area contributed by atoms with Crippen molar-refractivity contribution in [2.24, 2.45) is 0 Å². The third kappa shape index (κ3) is 2.68. The second-order valence-electron chi connectivity index (χ2n) is 4.54. The maximum atomic E-state index is 14.0. The van der Waals surface area contributed by atoms with Gasteiger partial charge >= 0.3 is 0 Å². The van der Waals surface area contributed by atoms with E-state index in [2.05, 4.69) is 42.2 Å². The Morgan fingerprint density at radius 3 is 2.70 bits per heavy atom. The van der Waals surface area contributed by atoms with Gasteiger partial charge in [0.1, 0.15) is 11.6 Å². The van der Waals surface area contributed by atoms with Crippen LogP contribution in [0.4, 0.5) is 15.9 Å². The molecule has 0 bridgehead atoms. The van der Waals surface area contributed by atoms with E-state index in [1.54, 1.807) is 0 Å². The fourth-order valence-electron chi connectivity index (χ4n) is 2.03. The number of nitrogens with one attached hydrogen (secondary N) is 1. The quantitative estimate of drug-likeness (QED) is 0.439. The second kappa shape index (κ2) is 5.53. The molecule has 1 amide bonds. The Bertz CT molecular complexity index is 844. The summed E-state index contributed by atoms with van der Waals surface area (Å²) in [4.78, 5) is 25.8. The van der Waals surface area contributed by atoms with Crippen LogP contribution in [0.3, 0.4) is 0 Å². The molecular formula is C13H6Br2FN3O4. The van der Waals surface area contributed by atoms with Crippen molar-refractivity contribution in [2.75, 3.05) is 5.32 Å². The third-order valence-corrected chi connectivity index (χ3v) is 4.60. The Labute approximate surface area is 145 Å². The number of amides is 1. The molecule has 0 saturated heterocycles. The topological polar surface area (TPSA) is 94.4 Å². The molecule has 0 radical (unpaired) electrons. The molecule has 0 atom stereocenters. The van der Waals surface area contributed by atoms with Crippen molar-refractivity contribution >= 4 is 49.3 Å². The van der Waals surface area contributed by atoms with Crippen LogP contribution >= 0.6 is 31.9 Å². The van der Waals surface area contributed by atoms with E-state index in [1.807, 2.05) is 0 Å². The predicted octanol–water partition coefficient (Wildman–Crippen LogP) is 3.82. The van der Waals surface area contributed by atoms with E-state index < -0.39 is 19.9 Å². The number of halogens is 3. The Balaban J connectivity index is 2.02. The van der Waals surface area contributed by atoms with Gasteiger partial charge in [0.15, 0.2) is 14.8 Å². The largest absolute Gasteiger partial charge is 0.454 e. The molecule has 0 fully saturated rings. The smallest absolute Gasteiger partial charge is 0.272 e. The number of carbonyl (C=O) groups is 1. The standard InChI is InChI=1S/C13H6Br2FN3O4/c14-13(15)10-9(3-4-17-11(10)18-12(13)20)23-8-2-1-6(19(21)22)5-7(8)16/h1-5H,(H,17,18,20). The number of anilines is 1. The molecule has 1 N–H and O–H groups in total. The van der Waals surface area contributed by atoms with Crippen molar-refractivity contribution in [3.8, 4) is 11.5 Å². The van der Waals surface area contributed by atoms with Crippen molar-refractivity contribution in [1.29, 1.82) is 0 Å². The Morgan fingerprint density at radius 2 is 2.04 bits per heavy atom. The van der Waals surface area contributed by atoms with Gasteiger partial charge in [-0.05, 0) is 12.1 Å². The number of alkyl halides is 2. The average molecular weight is 447 g/mol. The highest BCUT2D eigenvalue weighted by atomic mass is 79.9. The Kier molecular flexibility index (Phi) is 3.80. The molecule has 0 saturated carbocycles. The summed E-state index contributed by atoms with van der Waals surface area (Å²) in [5, 5.41) is 13.2. The molecule has 1 aromatic heterocycles. The van der Waals surface area contributed by atoms with Crippen molar-refractivity contribution in [1.82, 2.24) is 4.98 Å². The fourth-order valence-corrected chi connectivity index (χ4v) is 3.00. The lowest BCUT2D eigenvalue weighted by Gasteiger charge is -2.15. The maximum Gasteiger partial charge on any atom is 0.272 e. The van der Waals surface area contributed by atoms with Gasteiger partial charge in [0, 0.05) is 12.3 Å². The number of hydrogen-bond acceptors (Lipinski definition) is 5. The van der Waals surface area contributed by atoms with Gasteiger partial charge in [-0.1, -0.05) is 31.9 Å². The predicted molar refractivity (Wildman–Crippen MR) is 85.5 cm³/mol. The van der Waals surface area contributed by atoms with E-state index >= 15 is 0 Å². The SMILES string of the molecule is O=C1Nc2nccc(Oc3ccc([N+](=O)[O-])cc3F)c2C1(Br)Br. The summed E-state index contributed by atoms with van der Waals surface area (Å²) in [5.41, 5.74) is -0.0373. The van der Waals surface area contributed by atoms with E-state index in [9.17, 15) is 19.3 Å². The molecule has 0 unspecified atom stereocenters. The third-order valence-electron chi connectivity index (χ3n) is 3.09. The number of rotatable bonds is 3. The number of carbonyl (C=O) groups excluding carboxylic acids is 1. The molecule has 0 spiro atoms. The monoisotopic (exact) mass is 445 g/mol. The Hall–Kier alpha value is -2.07. The highest BCUT2D eigenvalue weighted by Gasteiger charge is 2.46. The van der Waals surface area contributed by atoms with Gasteiger partial charge in [-0.25, -0.2) is 9.37 Å². The normalized spacial score (nSPS) is 15.0. The summed E-state index contributed by atoms with van der Waals surface area (Å²) in [7, 11) is 0. The number of ether oxygens (including phenoxy) is 1. The van der Waals surface area contributed by atoms with Gasteiger partial charge in [-0.15, -0.1) is 0 Å². The summed E-state index contributed by atoms with van der Waals surface area (Å²) < 4.78 is 18.2. The van der Waals surface area contributed by atoms with E-state index in [4.69, 9.17) is 4.74 Å². The molecule has 2 heterocycles. The first kappa shape index (κ1) is 15.8. The highest BCUT2D eigenvalue weighted by molar-refractivity contribution is 9.25. The number of nitro benzene ring substituents is 1. The fraction of sp³-hybridized carbons (Fsp3) is 0.0769. The van der Waals surface area contributed by atoms with Crippen LogP contribution in [0.1, 0.15) is 5.56 Å². The number of pyridine rings is 1. The second-order valence-corrected chi connectivity index (χ2v) is 7.98. The molecule has 2 aromatic rings. The summed E-state index contributed by atoms with van der Waals surface area (Å²) in [6.07, 6.45) is 1.39. The van der Waals surface area contributed by atoms with Crippen LogP contribution in [0.2, 0.25) is 0 Å². The lowest BCUT2D eigenvalue weighted by Crippen LogP contribution is -2.20. The molecule has 10 heteroatoms. The molecule has 7 nitrogen and oxygen atoms in total. The molecule has 1 aliphatic heterocycles. The van der Waals surface area contributed by atoms with Crippen molar-refractivity contribution in [3.63, 3.8) is 0 Å². The van der Waals surface area contributed by atoms with E-state index in [-0.39, 0.29) is 23.0 Å². The Morgan fingerprint density at radius 1 is 1.30 bits per heavy atom. The van der Waals surface area contributed by atoms with Crippen LogP contribution in [-0.2, 0) is 8.03 Å². The number of nitro groups is 1. The molecule has 23 heavy (non-hydrogen) atoms. The van der Waals surface area contributed by atoms with Crippen LogP contribution in [-0.4, -0.2) is 15.8 Å². The van der Waals surface area contributed by atoms with Crippen molar-refractivity contribution < 1.29 is 18.8 Å². The van der Waals surface area contributed by atoms with E-state index in [0.717, 1.165) is 18.2 Å². The maximum absolute atomic E-state index is 14.0. The van der Waals surface area contributed by atoms with Gasteiger partial charge < -0.3 is 10.1 Å². The lowest BCUT2D eigenvalue weighted by atomic mass is 10.2. The average Bonchev–Trinajstić information content (AvgIpc) is 2.72. The van der Waals surface area contributed by atoms with Crippen molar-refractivity contribution in [2.45, 2.75) is 3.23 Å². The number of hydrogen-bond donors (Lipinski definition) is 1. The zero-order valence-corrected chi connectivity index (χ0v) is 14.2. The molecule has 1 aromatic carbocycles. The van der Waals surface area contributed by atoms with Gasteiger partial charge in [-0.3, -0.25) is 14.9 Å². The summed E-state index contributed by atoms with van der Waals surface area (Å²) >= 11 is 6.44. The number of aromatic nitrogens is 1. The van der Waals surface area contributed by atoms with Crippen LogP contribution < -0.4 is 10.1 Å². The highest BCUT2D eigenvalue weighted by Crippen LogP contribution is 2.51. The van der Waals surface area contributed by atoms with Gasteiger partial charge in [-0.2, -0.15) is 0 Å². The minimum atomic E-state index is -1.25. The van der Waals surface area contributed by atoms with Crippen LogP contribution in [0.15, 0.2) is 30.5 Å². The molecule has 0 aliphatic carbocycles. The first-order valence-electron chi connectivity index (χ1n) is 6.11. The van der Waals surface area contributed by atoms with Crippen LogP contribution in [0, 0.1) is 15.9 Å².